The van der Waals surface area contributed by atoms with Crippen LogP contribution < -0.4 is 5.32 Å². The van der Waals surface area contributed by atoms with Crippen molar-refractivity contribution >= 4 is 40.0 Å². The van der Waals surface area contributed by atoms with E-state index in [1.165, 1.54) is 6.07 Å². The third kappa shape index (κ3) is 4.22. The minimum absolute atomic E-state index is 0.0386. The van der Waals surface area contributed by atoms with Crippen molar-refractivity contribution in [3.05, 3.63) is 63.0 Å². The summed E-state index contributed by atoms with van der Waals surface area (Å²) in [5.41, 5.74) is 2.21. The lowest BCUT2D eigenvalue weighted by Gasteiger charge is -2.09. The number of fused-ring (bicyclic) bond motifs is 1. The van der Waals surface area contributed by atoms with Gasteiger partial charge in [0.25, 0.3) is 11.6 Å². The summed E-state index contributed by atoms with van der Waals surface area (Å²) in [7, 11) is 0. The number of hydrogen-bond acceptors (Lipinski definition) is 7. The molecule has 0 unspecified atom stereocenters. The van der Waals surface area contributed by atoms with Gasteiger partial charge in [0.05, 0.1) is 22.3 Å². The summed E-state index contributed by atoms with van der Waals surface area (Å²) >= 11 is 1.60. The maximum Gasteiger partial charge on any atom is 0.339 e. The number of halogens is 2. The van der Waals surface area contributed by atoms with Crippen LogP contribution in [0.15, 0.2) is 34.9 Å². The molecular formula is C22H17F2N3O4S. The SMILES string of the molecule is Cc1cc(-c2cc(C(=O)OCC(=O)Nc3ccc(F)c(F)c3)c3c(C)noc3n2)c(C)s1. The summed E-state index contributed by atoms with van der Waals surface area (Å²) < 4.78 is 36.7. The molecule has 0 saturated heterocycles. The van der Waals surface area contributed by atoms with Gasteiger partial charge in [0.15, 0.2) is 18.2 Å². The third-order valence-electron chi connectivity index (χ3n) is 4.69. The molecule has 3 heterocycles. The third-order valence-corrected chi connectivity index (χ3v) is 5.66. The molecule has 0 fully saturated rings. The maximum atomic E-state index is 13.3. The molecule has 3 aromatic heterocycles. The predicted molar refractivity (Wildman–Crippen MR) is 115 cm³/mol. The zero-order valence-electron chi connectivity index (χ0n) is 17.3. The normalized spacial score (nSPS) is 11.0. The van der Waals surface area contributed by atoms with Gasteiger partial charge >= 0.3 is 5.97 Å². The number of hydrogen-bond donors (Lipinski definition) is 1. The summed E-state index contributed by atoms with van der Waals surface area (Å²) in [5.74, 6) is -3.61. The van der Waals surface area contributed by atoms with Gasteiger partial charge in [-0.1, -0.05) is 5.16 Å². The van der Waals surface area contributed by atoms with Gasteiger partial charge in [-0.2, -0.15) is 0 Å². The van der Waals surface area contributed by atoms with Crippen LogP contribution in [-0.2, 0) is 9.53 Å². The van der Waals surface area contributed by atoms with Crippen molar-refractivity contribution in [3.63, 3.8) is 0 Å². The predicted octanol–water partition coefficient (Wildman–Crippen LogP) is 4.95. The van der Waals surface area contributed by atoms with E-state index in [0.717, 1.165) is 27.5 Å². The fraction of sp³-hybridized carbons (Fsp3) is 0.182. The zero-order valence-corrected chi connectivity index (χ0v) is 18.1. The van der Waals surface area contributed by atoms with E-state index in [0.29, 0.717) is 16.8 Å². The number of carbonyl (C=O) groups is 2. The Kier molecular flexibility index (Phi) is 5.70. The highest BCUT2D eigenvalue weighted by Crippen LogP contribution is 2.33. The standard InChI is InChI=1S/C22H17F2N3O4S/c1-10-6-14(12(3)32-10)18-8-15(20-11(2)27-31-21(20)26-18)22(29)30-9-19(28)25-13-4-5-16(23)17(24)7-13/h4-8H,9H2,1-3H3,(H,25,28). The molecule has 1 aromatic carbocycles. The molecule has 1 amide bonds. The summed E-state index contributed by atoms with van der Waals surface area (Å²) in [6, 6.07) is 6.45. The Morgan fingerprint density at radius 3 is 2.59 bits per heavy atom. The van der Waals surface area contributed by atoms with Gasteiger partial charge in [0, 0.05) is 27.1 Å². The van der Waals surface area contributed by atoms with E-state index in [2.05, 4.69) is 15.5 Å². The molecule has 0 aliphatic carbocycles. The molecule has 0 radical (unpaired) electrons. The second kappa shape index (κ2) is 8.46. The van der Waals surface area contributed by atoms with E-state index in [9.17, 15) is 18.4 Å². The van der Waals surface area contributed by atoms with Crippen LogP contribution in [0.3, 0.4) is 0 Å². The lowest BCUT2D eigenvalue weighted by atomic mass is 10.1. The first-order chi connectivity index (χ1) is 15.2. The number of thiophene rings is 1. The first-order valence-electron chi connectivity index (χ1n) is 9.49. The van der Waals surface area contributed by atoms with Gasteiger partial charge in [-0.3, -0.25) is 4.79 Å². The average molecular weight is 457 g/mol. The Balaban J connectivity index is 1.57. The van der Waals surface area contributed by atoms with Crippen molar-refractivity contribution in [1.82, 2.24) is 10.1 Å². The van der Waals surface area contributed by atoms with E-state index in [4.69, 9.17) is 9.26 Å². The highest BCUT2D eigenvalue weighted by molar-refractivity contribution is 7.12. The molecule has 0 atom stereocenters. The monoisotopic (exact) mass is 457 g/mol. The molecule has 1 N–H and O–H groups in total. The van der Waals surface area contributed by atoms with Crippen LogP contribution in [0.25, 0.3) is 22.4 Å². The number of nitrogens with one attached hydrogen (secondary N) is 1. The van der Waals surface area contributed by atoms with Crippen molar-refractivity contribution in [2.75, 3.05) is 11.9 Å². The summed E-state index contributed by atoms with van der Waals surface area (Å²) in [5, 5.41) is 6.62. The molecule has 10 heteroatoms. The minimum Gasteiger partial charge on any atom is -0.452 e. The number of benzene rings is 1. The highest BCUT2D eigenvalue weighted by Gasteiger charge is 2.22. The lowest BCUT2D eigenvalue weighted by Crippen LogP contribution is -2.21. The largest absolute Gasteiger partial charge is 0.452 e. The first-order valence-corrected chi connectivity index (χ1v) is 10.3. The lowest BCUT2D eigenvalue weighted by molar-refractivity contribution is -0.119. The quantitative estimate of drug-likeness (QED) is 0.426. The zero-order chi connectivity index (χ0) is 23.0. The topological polar surface area (TPSA) is 94.3 Å². The Hall–Kier alpha value is -3.66. The molecule has 0 aliphatic heterocycles. The molecule has 0 bridgehead atoms. The molecule has 32 heavy (non-hydrogen) atoms. The van der Waals surface area contributed by atoms with Crippen LogP contribution in [0.1, 0.15) is 25.8 Å². The van der Waals surface area contributed by atoms with Crippen LogP contribution in [0.5, 0.6) is 0 Å². The number of esters is 1. The second-order valence-corrected chi connectivity index (χ2v) is 8.54. The number of pyridine rings is 1. The fourth-order valence-corrected chi connectivity index (χ4v) is 4.19. The molecule has 0 aliphatic rings. The summed E-state index contributed by atoms with van der Waals surface area (Å²) in [6.45, 7) is 4.96. The number of ether oxygens (including phenoxy) is 1. The fourth-order valence-electron chi connectivity index (χ4n) is 3.26. The molecule has 7 nitrogen and oxygen atoms in total. The number of carbonyl (C=O) groups excluding carboxylic acids is 2. The van der Waals surface area contributed by atoms with Gasteiger partial charge in [-0.15, -0.1) is 11.3 Å². The van der Waals surface area contributed by atoms with Crippen LogP contribution in [0, 0.1) is 32.4 Å². The molecular weight excluding hydrogens is 440 g/mol. The van der Waals surface area contributed by atoms with Gasteiger partial charge in [-0.05, 0) is 45.0 Å². The number of amides is 1. The molecule has 0 spiro atoms. The van der Waals surface area contributed by atoms with Crippen molar-refractivity contribution in [2.45, 2.75) is 20.8 Å². The van der Waals surface area contributed by atoms with Crippen LogP contribution in [0.4, 0.5) is 14.5 Å². The van der Waals surface area contributed by atoms with Crippen LogP contribution >= 0.6 is 11.3 Å². The molecule has 0 saturated carbocycles. The van der Waals surface area contributed by atoms with E-state index >= 15 is 0 Å². The number of aromatic nitrogens is 2. The summed E-state index contributed by atoms with van der Waals surface area (Å²) in [6.07, 6.45) is 0. The van der Waals surface area contributed by atoms with Crippen LogP contribution in [0.2, 0.25) is 0 Å². The minimum atomic E-state index is -1.10. The highest BCUT2D eigenvalue weighted by atomic mass is 32.1. The molecule has 4 rings (SSSR count). The van der Waals surface area contributed by atoms with E-state index in [1.54, 1.807) is 24.3 Å². The van der Waals surface area contributed by atoms with Crippen LogP contribution in [-0.4, -0.2) is 28.6 Å². The average Bonchev–Trinajstić information content (AvgIpc) is 3.29. The van der Waals surface area contributed by atoms with Crippen molar-refractivity contribution in [1.29, 1.82) is 0 Å². The molecule has 4 aromatic rings. The smallest absolute Gasteiger partial charge is 0.339 e. The Morgan fingerprint density at radius 2 is 1.91 bits per heavy atom. The summed E-state index contributed by atoms with van der Waals surface area (Å²) in [4.78, 5) is 31.5. The van der Waals surface area contributed by atoms with Gasteiger partial charge < -0.3 is 14.6 Å². The van der Waals surface area contributed by atoms with Crippen molar-refractivity contribution in [3.8, 4) is 11.3 Å². The van der Waals surface area contributed by atoms with Gasteiger partial charge in [-0.25, -0.2) is 18.6 Å². The number of aryl methyl sites for hydroxylation is 3. The Labute approximate surface area is 185 Å². The Morgan fingerprint density at radius 1 is 1.12 bits per heavy atom. The Bertz CT molecular complexity index is 1360. The first kappa shape index (κ1) is 21.6. The van der Waals surface area contributed by atoms with E-state index < -0.39 is 30.1 Å². The van der Waals surface area contributed by atoms with Gasteiger partial charge in [0.2, 0.25) is 0 Å². The van der Waals surface area contributed by atoms with Crippen molar-refractivity contribution in [2.24, 2.45) is 0 Å². The van der Waals surface area contributed by atoms with E-state index in [1.807, 2.05) is 19.9 Å². The maximum absolute atomic E-state index is 13.3. The van der Waals surface area contributed by atoms with E-state index in [-0.39, 0.29) is 17.0 Å². The number of nitrogens with zero attached hydrogens (tertiary/aromatic N) is 2. The van der Waals surface area contributed by atoms with Crippen molar-refractivity contribution < 1.29 is 27.6 Å². The van der Waals surface area contributed by atoms with Gasteiger partial charge in [0.1, 0.15) is 0 Å². The molecule has 164 valence electrons. The second-order valence-electron chi connectivity index (χ2n) is 7.08. The number of anilines is 1. The number of rotatable bonds is 5.